The van der Waals surface area contributed by atoms with Crippen LogP contribution in [0.1, 0.15) is 30.1 Å². The third-order valence-electron chi connectivity index (χ3n) is 5.13. The van der Waals surface area contributed by atoms with E-state index in [9.17, 15) is 0 Å². The Balaban J connectivity index is 1.26. The molecule has 5 rings (SSSR count). The summed E-state index contributed by atoms with van der Waals surface area (Å²) in [5, 5.41) is 8.75. The normalized spacial score (nSPS) is 15.5. The molecule has 4 heterocycles. The van der Waals surface area contributed by atoms with Crippen LogP contribution in [-0.2, 0) is 6.42 Å². The maximum atomic E-state index is 4.46. The third kappa shape index (κ3) is 3.14. The van der Waals surface area contributed by atoms with Gasteiger partial charge in [-0.3, -0.25) is 0 Å². The van der Waals surface area contributed by atoms with Crippen molar-refractivity contribution >= 4 is 17.0 Å². The molecule has 0 unspecified atom stereocenters. The zero-order chi connectivity index (χ0) is 18.1. The first kappa shape index (κ1) is 15.9. The first-order valence-corrected chi connectivity index (χ1v) is 9.20. The predicted molar refractivity (Wildman–Crippen MR) is 101 cm³/mol. The van der Waals surface area contributed by atoms with Crippen molar-refractivity contribution in [2.45, 2.75) is 25.3 Å². The lowest BCUT2D eigenvalue weighted by molar-refractivity contribution is 0.359. The first-order chi connectivity index (χ1) is 13.4. The maximum absolute atomic E-state index is 4.46. The summed E-state index contributed by atoms with van der Waals surface area (Å²) in [4.78, 5) is 18.3. The second-order valence-corrected chi connectivity index (χ2v) is 6.87. The molecule has 0 amide bonds. The summed E-state index contributed by atoms with van der Waals surface area (Å²) in [5.74, 6) is 0.930. The molecular weight excluding hydrogens is 340 g/mol. The van der Waals surface area contributed by atoms with Crippen LogP contribution in [-0.4, -0.2) is 48.0 Å². The van der Waals surface area contributed by atoms with E-state index in [0.29, 0.717) is 11.7 Å². The van der Waals surface area contributed by atoms with Gasteiger partial charge in [-0.1, -0.05) is 35.5 Å². The number of nitrogens with zero attached hydrogens (tertiary/aromatic N) is 7. The number of fused-ring (bicyclic) bond motifs is 1. The minimum absolute atomic E-state index is 0.373. The van der Waals surface area contributed by atoms with Gasteiger partial charge in [0.2, 0.25) is 0 Å². The van der Waals surface area contributed by atoms with Crippen molar-refractivity contribution in [1.29, 1.82) is 0 Å². The van der Waals surface area contributed by atoms with E-state index >= 15 is 0 Å². The highest BCUT2D eigenvalue weighted by molar-refractivity contribution is 5.82. The Morgan fingerprint density at radius 1 is 1.04 bits per heavy atom. The van der Waals surface area contributed by atoms with Crippen molar-refractivity contribution < 1.29 is 0 Å². The smallest absolute Gasteiger partial charge is 0.182 e. The fourth-order valence-electron chi connectivity index (χ4n) is 3.71. The van der Waals surface area contributed by atoms with Crippen LogP contribution in [0.15, 0.2) is 49.2 Å². The number of anilines is 1. The molecule has 0 atom stereocenters. The van der Waals surface area contributed by atoms with E-state index in [0.717, 1.165) is 49.4 Å². The molecule has 1 aromatic carbocycles. The lowest BCUT2D eigenvalue weighted by atomic mass is 10.1. The van der Waals surface area contributed by atoms with Crippen molar-refractivity contribution in [1.82, 2.24) is 34.9 Å². The Morgan fingerprint density at radius 2 is 1.89 bits per heavy atom. The van der Waals surface area contributed by atoms with Crippen LogP contribution in [0.25, 0.3) is 11.2 Å². The molecule has 4 aromatic rings. The van der Waals surface area contributed by atoms with E-state index in [1.54, 1.807) is 12.7 Å². The molecule has 0 aliphatic carbocycles. The Kier molecular flexibility index (Phi) is 4.00. The molecule has 8 nitrogen and oxygen atoms in total. The quantitative estimate of drug-likeness (QED) is 0.601. The summed E-state index contributed by atoms with van der Waals surface area (Å²) >= 11 is 0. The van der Waals surface area contributed by atoms with E-state index in [1.165, 1.54) is 5.56 Å². The van der Waals surface area contributed by atoms with Gasteiger partial charge < -0.3 is 9.88 Å². The summed E-state index contributed by atoms with van der Waals surface area (Å²) in [6.07, 6.45) is 8.17. The fourth-order valence-corrected chi connectivity index (χ4v) is 3.71. The van der Waals surface area contributed by atoms with Crippen molar-refractivity contribution in [3.63, 3.8) is 0 Å². The van der Waals surface area contributed by atoms with Gasteiger partial charge >= 0.3 is 0 Å². The van der Waals surface area contributed by atoms with Crippen molar-refractivity contribution in [2.24, 2.45) is 0 Å². The zero-order valence-electron chi connectivity index (χ0n) is 14.9. The largest absolute Gasteiger partial charge is 0.355 e. The number of benzene rings is 1. The van der Waals surface area contributed by atoms with E-state index in [1.807, 2.05) is 10.7 Å². The van der Waals surface area contributed by atoms with E-state index in [2.05, 4.69) is 65.6 Å². The van der Waals surface area contributed by atoms with E-state index in [-0.39, 0.29) is 0 Å². The molecule has 0 bridgehead atoms. The number of H-pyrrole nitrogens is 1. The van der Waals surface area contributed by atoms with Crippen LogP contribution in [0.4, 0.5) is 5.82 Å². The zero-order valence-corrected chi connectivity index (χ0v) is 14.9. The van der Waals surface area contributed by atoms with Crippen LogP contribution < -0.4 is 4.90 Å². The standard InChI is InChI=1S/C19H20N8/c1-2-4-14(5-3-1)10-15-11-27(25-24-15)16-6-8-26(9-7-16)19-17-18(21-12-20-17)22-13-23-19/h1-5,11-13,16H,6-10H2,(H,20,21,22,23). The number of hydrogen-bond donors (Lipinski definition) is 1. The predicted octanol–water partition coefficient (Wildman–Crippen LogP) is 2.38. The van der Waals surface area contributed by atoms with Gasteiger partial charge in [0.05, 0.1) is 18.1 Å². The summed E-state index contributed by atoms with van der Waals surface area (Å²) < 4.78 is 2.03. The Morgan fingerprint density at radius 3 is 2.74 bits per heavy atom. The Hall–Kier alpha value is -3.29. The van der Waals surface area contributed by atoms with Crippen LogP contribution >= 0.6 is 0 Å². The van der Waals surface area contributed by atoms with Gasteiger partial charge in [-0.25, -0.2) is 19.6 Å². The number of aromatic amines is 1. The molecule has 27 heavy (non-hydrogen) atoms. The summed E-state index contributed by atoms with van der Waals surface area (Å²) in [5.41, 5.74) is 3.89. The lowest BCUT2D eigenvalue weighted by Gasteiger charge is -2.32. The van der Waals surface area contributed by atoms with Gasteiger partial charge in [0, 0.05) is 25.7 Å². The van der Waals surface area contributed by atoms with Gasteiger partial charge in [-0.2, -0.15) is 0 Å². The molecule has 1 saturated heterocycles. The number of aromatic nitrogens is 7. The Bertz CT molecular complexity index is 1030. The topological polar surface area (TPSA) is 88.4 Å². The number of piperidine rings is 1. The van der Waals surface area contributed by atoms with Crippen LogP contribution in [0.5, 0.6) is 0 Å². The molecule has 8 heteroatoms. The van der Waals surface area contributed by atoms with Crippen LogP contribution in [0.3, 0.4) is 0 Å². The van der Waals surface area contributed by atoms with Crippen molar-refractivity contribution in [2.75, 3.05) is 18.0 Å². The van der Waals surface area contributed by atoms with Crippen molar-refractivity contribution in [3.05, 3.63) is 60.4 Å². The lowest BCUT2D eigenvalue weighted by Crippen LogP contribution is -2.35. The Labute approximate surface area is 156 Å². The maximum Gasteiger partial charge on any atom is 0.182 e. The van der Waals surface area contributed by atoms with Gasteiger partial charge in [-0.15, -0.1) is 5.10 Å². The molecule has 3 aromatic heterocycles. The SMILES string of the molecule is c1ccc(Cc2cn(C3CCN(c4ncnc5nc[nH]c45)CC3)nn2)cc1. The molecule has 0 spiro atoms. The molecular formula is C19H20N8. The molecule has 1 N–H and O–H groups in total. The number of imidazole rings is 1. The molecule has 1 aliphatic heterocycles. The number of rotatable bonds is 4. The summed E-state index contributed by atoms with van der Waals surface area (Å²) in [7, 11) is 0. The number of nitrogens with one attached hydrogen (secondary N) is 1. The highest BCUT2D eigenvalue weighted by atomic mass is 15.4. The highest BCUT2D eigenvalue weighted by Crippen LogP contribution is 2.27. The minimum Gasteiger partial charge on any atom is -0.355 e. The van der Waals surface area contributed by atoms with Crippen molar-refractivity contribution in [3.8, 4) is 0 Å². The molecule has 0 saturated carbocycles. The highest BCUT2D eigenvalue weighted by Gasteiger charge is 2.24. The van der Waals surface area contributed by atoms with Crippen LogP contribution in [0, 0.1) is 0 Å². The average Bonchev–Trinajstić information content (AvgIpc) is 3.38. The van der Waals surface area contributed by atoms with Gasteiger partial charge in [-0.05, 0) is 18.4 Å². The summed E-state index contributed by atoms with van der Waals surface area (Å²) in [6, 6.07) is 10.8. The second-order valence-electron chi connectivity index (χ2n) is 6.87. The monoisotopic (exact) mass is 360 g/mol. The molecule has 136 valence electrons. The summed E-state index contributed by atoms with van der Waals surface area (Å²) in [6.45, 7) is 1.84. The minimum atomic E-state index is 0.373. The third-order valence-corrected chi connectivity index (χ3v) is 5.13. The molecule has 0 radical (unpaired) electrons. The van der Waals surface area contributed by atoms with Gasteiger partial charge in [0.25, 0.3) is 0 Å². The number of hydrogen-bond acceptors (Lipinski definition) is 6. The first-order valence-electron chi connectivity index (χ1n) is 9.20. The molecule has 1 fully saturated rings. The second kappa shape index (κ2) is 6.79. The van der Waals surface area contributed by atoms with E-state index < -0.39 is 0 Å². The van der Waals surface area contributed by atoms with Gasteiger partial charge in [0.15, 0.2) is 11.5 Å². The van der Waals surface area contributed by atoms with E-state index in [4.69, 9.17) is 0 Å². The molecule has 1 aliphatic rings. The van der Waals surface area contributed by atoms with Crippen LogP contribution in [0.2, 0.25) is 0 Å². The van der Waals surface area contributed by atoms with Gasteiger partial charge in [0.1, 0.15) is 11.8 Å². The average molecular weight is 360 g/mol. The fraction of sp³-hybridized carbons (Fsp3) is 0.316.